The average molecular weight is 293 g/mol. The summed E-state index contributed by atoms with van der Waals surface area (Å²) in [4.78, 5) is 14.8. The third-order valence-corrected chi connectivity index (χ3v) is 3.83. The van der Waals surface area contributed by atoms with Gasteiger partial charge in [0.2, 0.25) is 0 Å². The standard InChI is InChI=1S/C19H19NO2/c1-3-22-19(21)10-14-4-6-15(7-5-14)16-8-9-18-17(11-16)13(2)12-20-18/h4-9,11-12,20H,3,10H2,1-2H3. The van der Waals surface area contributed by atoms with Crippen molar-refractivity contribution in [2.24, 2.45) is 0 Å². The first-order valence-electron chi connectivity index (χ1n) is 7.50. The Bertz CT molecular complexity index is 800. The van der Waals surface area contributed by atoms with E-state index in [0.29, 0.717) is 13.0 Å². The van der Waals surface area contributed by atoms with Crippen LogP contribution in [0.1, 0.15) is 18.1 Å². The number of esters is 1. The Kier molecular flexibility index (Phi) is 3.96. The van der Waals surface area contributed by atoms with Crippen molar-refractivity contribution in [3.63, 3.8) is 0 Å². The van der Waals surface area contributed by atoms with Crippen LogP contribution in [0, 0.1) is 6.92 Å². The molecule has 0 aliphatic carbocycles. The van der Waals surface area contributed by atoms with Gasteiger partial charge in [0, 0.05) is 17.1 Å². The lowest BCUT2D eigenvalue weighted by Crippen LogP contribution is -2.07. The second-order valence-corrected chi connectivity index (χ2v) is 5.41. The summed E-state index contributed by atoms with van der Waals surface area (Å²) in [6, 6.07) is 14.5. The fourth-order valence-corrected chi connectivity index (χ4v) is 2.63. The number of carbonyl (C=O) groups is 1. The smallest absolute Gasteiger partial charge is 0.310 e. The largest absolute Gasteiger partial charge is 0.466 e. The van der Waals surface area contributed by atoms with Crippen molar-refractivity contribution in [2.75, 3.05) is 6.61 Å². The second-order valence-electron chi connectivity index (χ2n) is 5.41. The minimum atomic E-state index is -0.181. The quantitative estimate of drug-likeness (QED) is 0.731. The normalized spacial score (nSPS) is 10.8. The highest BCUT2D eigenvalue weighted by Gasteiger charge is 2.06. The van der Waals surface area contributed by atoms with Gasteiger partial charge in [0.15, 0.2) is 0 Å². The first-order chi connectivity index (χ1) is 10.7. The zero-order valence-electron chi connectivity index (χ0n) is 12.8. The van der Waals surface area contributed by atoms with Gasteiger partial charge in [-0.15, -0.1) is 0 Å². The van der Waals surface area contributed by atoms with Crippen molar-refractivity contribution in [1.82, 2.24) is 4.98 Å². The van der Waals surface area contributed by atoms with Crippen LogP contribution in [0.4, 0.5) is 0 Å². The Balaban J connectivity index is 1.84. The number of fused-ring (bicyclic) bond motifs is 1. The molecule has 0 fully saturated rings. The van der Waals surface area contributed by atoms with Crippen LogP contribution in [0.3, 0.4) is 0 Å². The van der Waals surface area contributed by atoms with E-state index in [9.17, 15) is 4.79 Å². The Morgan fingerprint density at radius 2 is 1.82 bits per heavy atom. The maximum atomic E-state index is 11.5. The summed E-state index contributed by atoms with van der Waals surface area (Å²) in [6.07, 6.45) is 2.35. The van der Waals surface area contributed by atoms with E-state index < -0.39 is 0 Å². The summed E-state index contributed by atoms with van der Waals surface area (Å²) < 4.78 is 4.97. The number of rotatable bonds is 4. The van der Waals surface area contributed by atoms with Gasteiger partial charge in [-0.05, 0) is 48.2 Å². The van der Waals surface area contributed by atoms with Crippen molar-refractivity contribution in [2.45, 2.75) is 20.3 Å². The van der Waals surface area contributed by atoms with Crippen LogP contribution < -0.4 is 0 Å². The Hall–Kier alpha value is -2.55. The van der Waals surface area contributed by atoms with Crippen molar-refractivity contribution in [1.29, 1.82) is 0 Å². The molecule has 0 aliphatic heterocycles. The van der Waals surface area contributed by atoms with Crippen LogP contribution in [0.5, 0.6) is 0 Å². The monoisotopic (exact) mass is 293 g/mol. The zero-order valence-corrected chi connectivity index (χ0v) is 12.8. The molecule has 3 rings (SSSR count). The molecule has 0 bridgehead atoms. The lowest BCUT2D eigenvalue weighted by atomic mass is 10.0. The van der Waals surface area contributed by atoms with E-state index in [1.807, 2.05) is 25.3 Å². The highest BCUT2D eigenvalue weighted by Crippen LogP contribution is 2.26. The topological polar surface area (TPSA) is 42.1 Å². The van der Waals surface area contributed by atoms with E-state index in [2.05, 4.69) is 42.2 Å². The Labute approximate surface area is 129 Å². The molecule has 3 nitrogen and oxygen atoms in total. The number of carbonyl (C=O) groups excluding carboxylic acids is 1. The number of H-pyrrole nitrogens is 1. The summed E-state index contributed by atoms with van der Waals surface area (Å²) in [7, 11) is 0. The highest BCUT2D eigenvalue weighted by molar-refractivity contribution is 5.87. The van der Waals surface area contributed by atoms with Gasteiger partial charge >= 0.3 is 5.97 Å². The molecule has 1 N–H and O–H groups in total. The predicted octanol–water partition coefficient (Wildman–Crippen LogP) is 4.25. The molecule has 0 unspecified atom stereocenters. The number of aromatic amines is 1. The van der Waals surface area contributed by atoms with Gasteiger partial charge in [-0.25, -0.2) is 0 Å². The maximum Gasteiger partial charge on any atom is 0.310 e. The predicted molar refractivity (Wildman–Crippen MR) is 88.8 cm³/mol. The molecule has 0 spiro atoms. The van der Waals surface area contributed by atoms with Gasteiger partial charge in [-0.1, -0.05) is 30.3 Å². The summed E-state index contributed by atoms with van der Waals surface area (Å²) in [5.74, 6) is -0.181. The first kappa shape index (κ1) is 14.4. The van der Waals surface area contributed by atoms with Crippen molar-refractivity contribution in [3.05, 3.63) is 59.8 Å². The molecular weight excluding hydrogens is 274 g/mol. The minimum Gasteiger partial charge on any atom is -0.466 e. The molecule has 1 aromatic heterocycles. The van der Waals surface area contributed by atoms with E-state index in [4.69, 9.17) is 4.74 Å². The average Bonchev–Trinajstić information content (AvgIpc) is 2.89. The number of hydrogen-bond donors (Lipinski definition) is 1. The molecule has 0 radical (unpaired) electrons. The fraction of sp³-hybridized carbons (Fsp3) is 0.211. The van der Waals surface area contributed by atoms with Crippen LogP contribution in [0.15, 0.2) is 48.7 Å². The molecule has 22 heavy (non-hydrogen) atoms. The molecule has 0 amide bonds. The highest BCUT2D eigenvalue weighted by atomic mass is 16.5. The Morgan fingerprint density at radius 1 is 1.09 bits per heavy atom. The van der Waals surface area contributed by atoms with Crippen LogP contribution in [0.2, 0.25) is 0 Å². The molecule has 3 aromatic rings. The lowest BCUT2D eigenvalue weighted by molar-refractivity contribution is -0.142. The molecule has 1 heterocycles. The third kappa shape index (κ3) is 2.89. The van der Waals surface area contributed by atoms with E-state index in [0.717, 1.165) is 16.6 Å². The van der Waals surface area contributed by atoms with E-state index >= 15 is 0 Å². The number of nitrogens with one attached hydrogen (secondary N) is 1. The number of aryl methyl sites for hydroxylation is 1. The van der Waals surface area contributed by atoms with E-state index in [1.165, 1.54) is 16.5 Å². The molecule has 3 heteroatoms. The first-order valence-corrected chi connectivity index (χ1v) is 7.50. The van der Waals surface area contributed by atoms with Crippen molar-refractivity contribution in [3.8, 4) is 11.1 Å². The molecule has 112 valence electrons. The van der Waals surface area contributed by atoms with Gasteiger partial charge in [0.05, 0.1) is 13.0 Å². The molecular formula is C19H19NO2. The van der Waals surface area contributed by atoms with Gasteiger partial charge in [-0.2, -0.15) is 0 Å². The van der Waals surface area contributed by atoms with Gasteiger partial charge in [0.25, 0.3) is 0 Å². The van der Waals surface area contributed by atoms with Crippen LogP contribution in [0.25, 0.3) is 22.0 Å². The number of benzene rings is 2. The van der Waals surface area contributed by atoms with Gasteiger partial charge in [-0.3, -0.25) is 4.79 Å². The molecule has 0 saturated carbocycles. The van der Waals surface area contributed by atoms with Crippen LogP contribution in [-0.4, -0.2) is 17.6 Å². The molecule has 0 saturated heterocycles. The minimum absolute atomic E-state index is 0.181. The SMILES string of the molecule is CCOC(=O)Cc1ccc(-c2ccc3[nH]cc(C)c3c2)cc1. The van der Waals surface area contributed by atoms with Crippen LogP contribution in [-0.2, 0) is 16.0 Å². The second kappa shape index (κ2) is 6.06. The fourth-order valence-electron chi connectivity index (χ4n) is 2.63. The summed E-state index contributed by atoms with van der Waals surface area (Å²) in [6.45, 7) is 4.35. The van der Waals surface area contributed by atoms with Crippen LogP contribution >= 0.6 is 0 Å². The van der Waals surface area contributed by atoms with Gasteiger partial charge < -0.3 is 9.72 Å². The molecule has 0 aliphatic rings. The summed E-state index contributed by atoms with van der Waals surface area (Å²) in [5.41, 5.74) is 5.70. The molecule has 2 aromatic carbocycles. The van der Waals surface area contributed by atoms with Crippen molar-refractivity contribution < 1.29 is 9.53 Å². The number of hydrogen-bond acceptors (Lipinski definition) is 2. The van der Waals surface area contributed by atoms with Crippen molar-refractivity contribution >= 4 is 16.9 Å². The summed E-state index contributed by atoms with van der Waals surface area (Å²) >= 11 is 0. The molecule has 0 atom stereocenters. The van der Waals surface area contributed by atoms with E-state index in [-0.39, 0.29) is 5.97 Å². The summed E-state index contributed by atoms with van der Waals surface area (Å²) in [5, 5.41) is 1.24. The number of ether oxygens (including phenoxy) is 1. The third-order valence-electron chi connectivity index (χ3n) is 3.83. The zero-order chi connectivity index (χ0) is 15.5. The lowest BCUT2D eigenvalue weighted by Gasteiger charge is -2.05. The Morgan fingerprint density at radius 3 is 2.55 bits per heavy atom. The maximum absolute atomic E-state index is 11.5. The van der Waals surface area contributed by atoms with Gasteiger partial charge in [0.1, 0.15) is 0 Å². The van der Waals surface area contributed by atoms with E-state index in [1.54, 1.807) is 0 Å². The number of aromatic nitrogens is 1.